The summed E-state index contributed by atoms with van der Waals surface area (Å²) >= 11 is 12.1. The van der Waals surface area contributed by atoms with Crippen LogP contribution in [0.3, 0.4) is 0 Å². The van der Waals surface area contributed by atoms with Crippen molar-refractivity contribution >= 4 is 46.4 Å². The number of hydrogen-bond donors (Lipinski definition) is 2. The zero-order valence-electron chi connectivity index (χ0n) is 14.6. The van der Waals surface area contributed by atoms with Crippen molar-refractivity contribution in [1.29, 1.82) is 5.26 Å². The molecule has 2 N–H and O–H groups in total. The number of carbonyl (C=O) groups excluding carboxylic acids is 2. The van der Waals surface area contributed by atoms with E-state index in [9.17, 15) is 9.59 Å². The van der Waals surface area contributed by atoms with Crippen LogP contribution >= 0.6 is 23.2 Å². The van der Waals surface area contributed by atoms with E-state index in [0.717, 1.165) is 0 Å². The molecule has 2 amide bonds. The number of likely N-dealkylation sites (N-methyl/N-ethyl adjacent to an activating group) is 1. The van der Waals surface area contributed by atoms with E-state index in [1.54, 1.807) is 54.4 Å². The molecule has 0 unspecified atom stereocenters. The van der Waals surface area contributed by atoms with Gasteiger partial charge in [-0.3, -0.25) is 14.5 Å². The van der Waals surface area contributed by atoms with Gasteiger partial charge in [0.25, 0.3) is 0 Å². The second kappa shape index (κ2) is 9.93. The van der Waals surface area contributed by atoms with E-state index in [1.807, 2.05) is 6.07 Å². The Bertz CT molecular complexity index is 843. The molecule has 140 valence electrons. The average Bonchev–Trinajstić information content (AvgIpc) is 2.64. The third-order valence-electron chi connectivity index (χ3n) is 3.66. The Morgan fingerprint density at radius 1 is 1.04 bits per heavy atom. The van der Waals surface area contributed by atoms with Crippen LogP contribution in [0.2, 0.25) is 10.0 Å². The molecule has 8 heteroatoms. The number of halogens is 2. The van der Waals surface area contributed by atoms with Gasteiger partial charge in [-0.05, 0) is 43.4 Å². The van der Waals surface area contributed by atoms with Gasteiger partial charge >= 0.3 is 0 Å². The summed E-state index contributed by atoms with van der Waals surface area (Å²) in [6.07, 6.45) is 0.219. The largest absolute Gasteiger partial charge is 0.326 e. The fourth-order valence-electron chi connectivity index (χ4n) is 2.26. The second-order valence-corrected chi connectivity index (χ2v) is 6.68. The van der Waals surface area contributed by atoms with Crippen molar-refractivity contribution in [2.75, 3.05) is 30.8 Å². The minimum absolute atomic E-state index is 0.0890. The summed E-state index contributed by atoms with van der Waals surface area (Å²) in [6.45, 7) is 0.484. The lowest BCUT2D eigenvalue weighted by atomic mass is 10.2. The van der Waals surface area contributed by atoms with Crippen molar-refractivity contribution in [1.82, 2.24) is 4.90 Å². The molecule has 0 heterocycles. The predicted molar refractivity (Wildman–Crippen MR) is 107 cm³/mol. The minimum atomic E-state index is -0.278. The normalized spacial score (nSPS) is 10.3. The number of benzene rings is 2. The van der Waals surface area contributed by atoms with Crippen LogP contribution in [-0.4, -0.2) is 36.9 Å². The number of nitriles is 1. The van der Waals surface area contributed by atoms with E-state index >= 15 is 0 Å². The number of para-hydroxylation sites is 1. The van der Waals surface area contributed by atoms with Gasteiger partial charge < -0.3 is 10.6 Å². The van der Waals surface area contributed by atoms with Crippen LogP contribution in [0.4, 0.5) is 11.4 Å². The maximum Gasteiger partial charge on any atom is 0.238 e. The molecular formula is C19H18Cl2N4O2. The van der Waals surface area contributed by atoms with Gasteiger partial charge in [0, 0.05) is 18.7 Å². The van der Waals surface area contributed by atoms with Crippen LogP contribution in [0.25, 0.3) is 0 Å². The molecule has 2 rings (SSSR count). The molecule has 2 aromatic carbocycles. The van der Waals surface area contributed by atoms with E-state index in [4.69, 9.17) is 28.5 Å². The highest BCUT2D eigenvalue weighted by Gasteiger charge is 2.12. The van der Waals surface area contributed by atoms with Gasteiger partial charge in [-0.25, -0.2) is 0 Å². The average molecular weight is 405 g/mol. The number of amides is 2. The van der Waals surface area contributed by atoms with Crippen LogP contribution in [0, 0.1) is 11.3 Å². The number of anilines is 2. The summed E-state index contributed by atoms with van der Waals surface area (Å²) in [7, 11) is 1.74. The summed E-state index contributed by atoms with van der Waals surface area (Å²) in [5.41, 5.74) is 1.52. The number of nitrogens with one attached hydrogen (secondary N) is 2. The van der Waals surface area contributed by atoms with Crippen molar-refractivity contribution in [2.24, 2.45) is 0 Å². The lowest BCUT2D eigenvalue weighted by Crippen LogP contribution is -2.32. The molecule has 0 atom stereocenters. The highest BCUT2D eigenvalue weighted by Crippen LogP contribution is 2.29. The zero-order valence-corrected chi connectivity index (χ0v) is 16.1. The first kappa shape index (κ1) is 20.7. The lowest BCUT2D eigenvalue weighted by Gasteiger charge is -2.17. The fourth-order valence-corrected chi connectivity index (χ4v) is 2.76. The van der Waals surface area contributed by atoms with Crippen molar-refractivity contribution in [2.45, 2.75) is 6.42 Å². The van der Waals surface area contributed by atoms with Crippen molar-refractivity contribution in [3.63, 3.8) is 0 Å². The van der Waals surface area contributed by atoms with Crippen LogP contribution < -0.4 is 10.6 Å². The smallest absolute Gasteiger partial charge is 0.238 e. The first-order valence-electron chi connectivity index (χ1n) is 8.11. The Morgan fingerprint density at radius 3 is 2.26 bits per heavy atom. The fraction of sp³-hybridized carbons (Fsp3) is 0.211. The molecule has 0 aliphatic carbocycles. The van der Waals surface area contributed by atoms with Gasteiger partial charge in [0.05, 0.1) is 33.9 Å². The van der Waals surface area contributed by atoms with Crippen molar-refractivity contribution < 1.29 is 9.59 Å². The molecule has 0 bridgehead atoms. The summed E-state index contributed by atoms with van der Waals surface area (Å²) in [6, 6.07) is 13.6. The van der Waals surface area contributed by atoms with Gasteiger partial charge in [-0.1, -0.05) is 29.3 Å². The SMILES string of the molecule is CN(CCC(=O)Nc1ccc(C#N)cc1)CC(=O)Nc1c(Cl)cccc1Cl. The molecule has 0 aliphatic rings. The topological polar surface area (TPSA) is 85.2 Å². The monoisotopic (exact) mass is 404 g/mol. The Kier molecular flexibility index (Phi) is 7.62. The standard InChI is InChI=1S/C19H18Cl2N4O2/c1-25(12-18(27)24-19-15(20)3-2-4-16(19)21)10-9-17(26)23-14-7-5-13(11-22)6-8-14/h2-8H,9-10,12H2,1H3,(H,23,26)(H,24,27). The van der Waals surface area contributed by atoms with E-state index in [1.165, 1.54) is 0 Å². The molecular weight excluding hydrogens is 387 g/mol. The predicted octanol–water partition coefficient (Wildman–Crippen LogP) is 3.76. The number of hydrogen-bond acceptors (Lipinski definition) is 4. The summed E-state index contributed by atoms with van der Waals surface area (Å²) in [5.74, 6) is -0.457. The molecule has 0 radical (unpaired) electrons. The highest BCUT2D eigenvalue weighted by atomic mass is 35.5. The third kappa shape index (κ3) is 6.57. The molecule has 27 heavy (non-hydrogen) atoms. The molecule has 0 aliphatic heterocycles. The molecule has 0 fully saturated rings. The summed E-state index contributed by atoms with van der Waals surface area (Å²) in [4.78, 5) is 25.8. The van der Waals surface area contributed by atoms with Crippen LogP contribution in [-0.2, 0) is 9.59 Å². The number of rotatable bonds is 7. The van der Waals surface area contributed by atoms with Crippen LogP contribution in [0.5, 0.6) is 0 Å². The Morgan fingerprint density at radius 2 is 1.67 bits per heavy atom. The van der Waals surface area contributed by atoms with Gasteiger partial charge in [0.15, 0.2) is 0 Å². The number of carbonyl (C=O) groups is 2. The maximum atomic E-state index is 12.1. The van der Waals surface area contributed by atoms with Gasteiger partial charge in [0.1, 0.15) is 0 Å². The highest BCUT2D eigenvalue weighted by molar-refractivity contribution is 6.39. The summed E-state index contributed by atoms with van der Waals surface area (Å²) in [5, 5.41) is 14.9. The van der Waals surface area contributed by atoms with E-state index < -0.39 is 0 Å². The maximum absolute atomic E-state index is 12.1. The second-order valence-electron chi connectivity index (χ2n) is 5.87. The first-order valence-corrected chi connectivity index (χ1v) is 8.87. The van der Waals surface area contributed by atoms with E-state index in [-0.39, 0.29) is 24.8 Å². The van der Waals surface area contributed by atoms with Crippen molar-refractivity contribution in [3.8, 4) is 6.07 Å². The molecule has 0 aromatic heterocycles. The quantitative estimate of drug-likeness (QED) is 0.735. The molecule has 2 aromatic rings. The lowest BCUT2D eigenvalue weighted by molar-refractivity contribution is -0.119. The van der Waals surface area contributed by atoms with E-state index in [0.29, 0.717) is 33.5 Å². The number of nitrogens with zero attached hydrogens (tertiary/aromatic N) is 2. The van der Waals surface area contributed by atoms with E-state index in [2.05, 4.69) is 10.6 Å². The molecule has 0 spiro atoms. The van der Waals surface area contributed by atoms with Crippen LogP contribution in [0.1, 0.15) is 12.0 Å². The molecule has 6 nitrogen and oxygen atoms in total. The Hall–Kier alpha value is -2.59. The van der Waals surface area contributed by atoms with Crippen molar-refractivity contribution in [3.05, 3.63) is 58.1 Å². The zero-order chi connectivity index (χ0) is 19.8. The molecule has 0 saturated carbocycles. The third-order valence-corrected chi connectivity index (χ3v) is 4.29. The van der Waals surface area contributed by atoms with Gasteiger partial charge in [-0.15, -0.1) is 0 Å². The summed E-state index contributed by atoms with van der Waals surface area (Å²) < 4.78 is 0. The minimum Gasteiger partial charge on any atom is -0.326 e. The van der Waals surface area contributed by atoms with Gasteiger partial charge in [-0.2, -0.15) is 5.26 Å². The Balaban J connectivity index is 1.77. The van der Waals surface area contributed by atoms with Crippen LogP contribution in [0.15, 0.2) is 42.5 Å². The first-order chi connectivity index (χ1) is 12.9. The Labute approximate surface area is 167 Å². The molecule has 0 saturated heterocycles. The van der Waals surface area contributed by atoms with Gasteiger partial charge in [0.2, 0.25) is 11.8 Å².